The van der Waals surface area contributed by atoms with E-state index in [1.54, 1.807) is 17.0 Å². The highest BCUT2D eigenvalue weighted by Crippen LogP contribution is 2.31. The van der Waals surface area contributed by atoms with E-state index in [2.05, 4.69) is 24.0 Å². The van der Waals surface area contributed by atoms with Gasteiger partial charge in [-0.2, -0.15) is 5.10 Å². The number of hydrogen-bond acceptors (Lipinski definition) is 3. The fourth-order valence-corrected chi connectivity index (χ4v) is 3.77. The highest BCUT2D eigenvalue weighted by molar-refractivity contribution is 6.30. The normalized spacial score (nSPS) is 13.6. The van der Waals surface area contributed by atoms with Crippen LogP contribution >= 0.6 is 11.6 Å². The third-order valence-electron chi connectivity index (χ3n) is 5.12. The molecule has 140 valence electrons. The quantitative estimate of drug-likeness (QED) is 0.688. The highest BCUT2D eigenvalue weighted by Gasteiger charge is 2.27. The van der Waals surface area contributed by atoms with E-state index >= 15 is 0 Å². The first-order chi connectivity index (χ1) is 12.9. The summed E-state index contributed by atoms with van der Waals surface area (Å²) in [6.07, 6.45) is 1.86. The minimum atomic E-state index is -0.183. The Morgan fingerprint density at radius 3 is 2.81 bits per heavy atom. The van der Waals surface area contributed by atoms with Crippen LogP contribution in [0.15, 0.2) is 30.3 Å². The highest BCUT2D eigenvalue weighted by atomic mass is 35.5. The van der Waals surface area contributed by atoms with E-state index in [0.29, 0.717) is 29.6 Å². The molecule has 0 atom stereocenters. The Morgan fingerprint density at radius 1 is 1.26 bits per heavy atom. The second-order valence-corrected chi connectivity index (χ2v) is 8.03. The van der Waals surface area contributed by atoms with Gasteiger partial charge in [0.1, 0.15) is 5.75 Å². The molecule has 0 radical (unpaired) electrons. The lowest BCUT2D eigenvalue weighted by molar-refractivity contribution is 0.0748. The Bertz CT molecular complexity index is 1030. The van der Waals surface area contributed by atoms with Crippen molar-refractivity contribution in [2.75, 3.05) is 0 Å². The van der Waals surface area contributed by atoms with Gasteiger partial charge in [0.15, 0.2) is 0 Å². The van der Waals surface area contributed by atoms with E-state index in [4.69, 9.17) is 11.6 Å². The lowest BCUT2D eigenvalue weighted by Crippen LogP contribution is -2.25. The summed E-state index contributed by atoms with van der Waals surface area (Å²) in [5.74, 6) is 0.364. The zero-order valence-corrected chi connectivity index (χ0v) is 16.2. The summed E-state index contributed by atoms with van der Waals surface area (Å²) in [6.45, 7) is 5.37. The molecular formula is C21H22ClN3O2. The first kappa shape index (κ1) is 17.9. The number of nitrogens with one attached hydrogen (secondary N) is 1. The zero-order valence-electron chi connectivity index (χ0n) is 15.4. The molecule has 0 saturated carbocycles. The van der Waals surface area contributed by atoms with Gasteiger partial charge in [0.2, 0.25) is 0 Å². The molecular weight excluding hydrogens is 362 g/mol. The second-order valence-electron chi connectivity index (χ2n) is 7.59. The maximum atomic E-state index is 13.1. The number of rotatable bonds is 4. The molecule has 4 rings (SSSR count). The largest absolute Gasteiger partial charge is 0.507 e. The Hall–Kier alpha value is -2.53. The van der Waals surface area contributed by atoms with E-state index in [1.165, 1.54) is 0 Å². The Morgan fingerprint density at radius 2 is 2.04 bits per heavy atom. The number of benzene rings is 2. The van der Waals surface area contributed by atoms with E-state index in [9.17, 15) is 9.90 Å². The van der Waals surface area contributed by atoms with Crippen molar-refractivity contribution in [3.63, 3.8) is 0 Å². The monoisotopic (exact) mass is 383 g/mol. The molecule has 2 heterocycles. The molecule has 1 aromatic heterocycles. The van der Waals surface area contributed by atoms with E-state index in [-0.39, 0.29) is 11.7 Å². The smallest absolute Gasteiger partial charge is 0.258 e. The number of fused-ring (bicyclic) bond motifs is 2. The van der Waals surface area contributed by atoms with Crippen LogP contribution in [0.2, 0.25) is 5.02 Å². The minimum Gasteiger partial charge on any atom is -0.507 e. The number of phenols is 1. The summed E-state index contributed by atoms with van der Waals surface area (Å²) >= 11 is 6.06. The number of aromatic amines is 1. The lowest BCUT2D eigenvalue weighted by atomic mass is 10.0. The molecule has 0 spiro atoms. The summed E-state index contributed by atoms with van der Waals surface area (Å²) in [5, 5.41) is 19.3. The van der Waals surface area contributed by atoms with Crippen LogP contribution in [0.3, 0.4) is 0 Å². The Labute approximate surface area is 162 Å². The summed E-state index contributed by atoms with van der Waals surface area (Å²) in [7, 11) is 0. The SMILES string of the molecule is CC(C)CCc1n[nH]c2cc(O)c(C(=O)N3Cc4ccc(Cl)cc4C3)cc12. The maximum absolute atomic E-state index is 13.1. The molecule has 0 saturated heterocycles. The number of aromatic nitrogens is 2. The summed E-state index contributed by atoms with van der Waals surface area (Å²) in [5.41, 5.74) is 4.14. The Kier molecular flexibility index (Phi) is 4.56. The average Bonchev–Trinajstić information content (AvgIpc) is 3.21. The lowest BCUT2D eigenvalue weighted by Gasteiger charge is -2.16. The number of carbonyl (C=O) groups excluding carboxylic acids is 1. The number of H-pyrrole nitrogens is 1. The van der Waals surface area contributed by atoms with E-state index < -0.39 is 0 Å². The number of phenolic OH excluding ortho intramolecular Hbond substituents is 1. The van der Waals surface area contributed by atoms with Crippen molar-refractivity contribution in [1.82, 2.24) is 15.1 Å². The molecule has 3 aromatic rings. The van der Waals surface area contributed by atoms with Crippen molar-refractivity contribution in [2.45, 2.75) is 39.8 Å². The fraction of sp³-hybridized carbons (Fsp3) is 0.333. The van der Waals surface area contributed by atoms with Crippen LogP contribution in [0.5, 0.6) is 5.75 Å². The van der Waals surface area contributed by atoms with Crippen LogP contribution in [-0.4, -0.2) is 26.1 Å². The zero-order chi connectivity index (χ0) is 19.1. The van der Waals surface area contributed by atoms with Crippen molar-refractivity contribution in [1.29, 1.82) is 0 Å². The second kappa shape index (κ2) is 6.89. The maximum Gasteiger partial charge on any atom is 0.258 e. The summed E-state index contributed by atoms with van der Waals surface area (Å²) in [4.78, 5) is 14.8. The van der Waals surface area contributed by atoms with Crippen LogP contribution < -0.4 is 0 Å². The number of nitrogens with zero attached hydrogens (tertiary/aromatic N) is 2. The minimum absolute atomic E-state index is 0.0273. The molecule has 2 N–H and O–H groups in total. The number of aryl methyl sites for hydroxylation is 1. The third kappa shape index (κ3) is 3.39. The first-order valence-electron chi connectivity index (χ1n) is 9.19. The van der Waals surface area contributed by atoms with Gasteiger partial charge in [0.05, 0.1) is 16.8 Å². The van der Waals surface area contributed by atoms with Gasteiger partial charge >= 0.3 is 0 Å². The third-order valence-corrected chi connectivity index (χ3v) is 5.36. The summed E-state index contributed by atoms with van der Waals surface area (Å²) < 4.78 is 0. The number of carbonyl (C=O) groups is 1. The van der Waals surface area contributed by atoms with Crippen LogP contribution in [0.4, 0.5) is 0 Å². The van der Waals surface area contributed by atoms with Crippen LogP contribution in [0.1, 0.15) is 47.4 Å². The van der Waals surface area contributed by atoms with Crippen LogP contribution in [0.25, 0.3) is 10.9 Å². The molecule has 1 amide bonds. The number of amides is 1. The predicted molar refractivity (Wildman–Crippen MR) is 106 cm³/mol. The van der Waals surface area contributed by atoms with Gasteiger partial charge in [0.25, 0.3) is 5.91 Å². The van der Waals surface area contributed by atoms with Gasteiger partial charge in [-0.25, -0.2) is 0 Å². The topological polar surface area (TPSA) is 69.2 Å². The van der Waals surface area contributed by atoms with Gasteiger partial charge in [-0.3, -0.25) is 9.89 Å². The van der Waals surface area contributed by atoms with Gasteiger partial charge in [0, 0.05) is 29.6 Å². The molecule has 2 aromatic carbocycles. The van der Waals surface area contributed by atoms with Crippen molar-refractivity contribution >= 4 is 28.4 Å². The molecule has 27 heavy (non-hydrogen) atoms. The van der Waals surface area contributed by atoms with Gasteiger partial charge in [-0.15, -0.1) is 0 Å². The molecule has 5 nitrogen and oxygen atoms in total. The number of halogens is 1. The van der Waals surface area contributed by atoms with Gasteiger partial charge in [-0.05, 0) is 48.1 Å². The Balaban J connectivity index is 1.64. The van der Waals surface area contributed by atoms with E-state index in [1.807, 2.05) is 18.2 Å². The predicted octanol–water partition coefficient (Wildman–Crippen LogP) is 4.67. The van der Waals surface area contributed by atoms with Crippen LogP contribution in [-0.2, 0) is 19.5 Å². The molecule has 1 aliphatic heterocycles. The molecule has 0 bridgehead atoms. The van der Waals surface area contributed by atoms with Crippen molar-refractivity contribution in [3.05, 3.63) is 57.7 Å². The summed E-state index contributed by atoms with van der Waals surface area (Å²) in [6, 6.07) is 9.04. The molecule has 0 unspecified atom stereocenters. The first-order valence-corrected chi connectivity index (χ1v) is 9.56. The molecule has 1 aliphatic rings. The average molecular weight is 384 g/mol. The van der Waals surface area contributed by atoms with Crippen LogP contribution in [0, 0.1) is 5.92 Å². The van der Waals surface area contributed by atoms with Crippen molar-refractivity contribution < 1.29 is 9.90 Å². The molecule has 6 heteroatoms. The van der Waals surface area contributed by atoms with Crippen molar-refractivity contribution in [3.8, 4) is 5.75 Å². The standard InChI is InChI=1S/C21H22ClN3O2/c1-12(2)3-6-18-16-8-17(20(26)9-19(16)24-23-18)21(27)25-10-13-4-5-15(22)7-14(13)11-25/h4-5,7-9,12,26H,3,6,10-11H2,1-2H3,(H,23,24). The fourth-order valence-electron chi connectivity index (χ4n) is 3.57. The molecule has 0 fully saturated rings. The number of aromatic hydroxyl groups is 1. The van der Waals surface area contributed by atoms with E-state index in [0.717, 1.165) is 40.6 Å². The van der Waals surface area contributed by atoms with Gasteiger partial charge < -0.3 is 10.0 Å². The molecule has 0 aliphatic carbocycles. The van der Waals surface area contributed by atoms with Crippen molar-refractivity contribution in [2.24, 2.45) is 5.92 Å². The number of hydrogen-bond donors (Lipinski definition) is 2. The van der Waals surface area contributed by atoms with Gasteiger partial charge in [-0.1, -0.05) is 31.5 Å².